The van der Waals surface area contributed by atoms with Gasteiger partial charge in [-0.1, -0.05) is 31.5 Å². The minimum absolute atomic E-state index is 0.0266. The molecule has 5 rings (SSSR count). The van der Waals surface area contributed by atoms with Gasteiger partial charge in [0.05, 0.1) is 18.6 Å². The van der Waals surface area contributed by atoms with Crippen LogP contribution in [0.25, 0.3) is 0 Å². The van der Waals surface area contributed by atoms with Gasteiger partial charge >= 0.3 is 5.97 Å². The lowest BCUT2D eigenvalue weighted by molar-refractivity contribution is -0.194. The Morgan fingerprint density at radius 2 is 1.98 bits per heavy atom. The lowest BCUT2D eigenvalue weighted by Crippen LogP contribution is -2.70. The molecule has 2 bridgehead atoms. The maximum absolute atomic E-state index is 15.3. The number of carbonyl (C=O) groups is 4. The van der Waals surface area contributed by atoms with Crippen molar-refractivity contribution in [1.82, 2.24) is 15.5 Å². The van der Waals surface area contributed by atoms with Crippen LogP contribution in [0.1, 0.15) is 59.3 Å². The molecule has 3 aliphatic heterocycles. The van der Waals surface area contributed by atoms with Gasteiger partial charge in [-0.15, -0.1) is 0 Å². The molecule has 0 aromatic heterocycles. The number of piperidine rings is 2. The van der Waals surface area contributed by atoms with Crippen molar-refractivity contribution in [1.29, 1.82) is 0 Å². The summed E-state index contributed by atoms with van der Waals surface area (Å²) in [5.41, 5.74) is 0.569. The molecular formula is C31H40ClF3N4O5. The molecule has 242 valence electrons. The number of nitrogens with one attached hydrogen (secondary N) is 3. The van der Waals surface area contributed by atoms with E-state index >= 15 is 8.78 Å². The number of anilines is 1. The van der Waals surface area contributed by atoms with Gasteiger partial charge in [-0.05, 0) is 69.2 Å². The number of carbonyl (C=O) groups excluding carboxylic acids is 4. The van der Waals surface area contributed by atoms with E-state index in [0.717, 1.165) is 6.08 Å². The van der Waals surface area contributed by atoms with Gasteiger partial charge in [-0.25, -0.2) is 13.6 Å². The predicted octanol–water partition coefficient (Wildman–Crippen LogP) is 4.61. The first-order chi connectivity index (χ1) is 20.8. The molecule has 6 atom stereocenters. The molecule has 3 N–H and O–H groups in total. The smallest absolute Gasteiger partial charge is 0.366 e. The highest BCUT2D eigenvalue weighted by molar-refractivity contribution is 6.30. The van der Waals surface area contributed by atoms with Gasteiger partial charge in [-0.2, -0.15) is 4.39 Å². The number of hydrogen-bond acceptors (Lipinski definition) is 6. The number of benzene rings is 1. The number of amides is 3. The minimum atomic E-state index is -3.21. The fourth-order valence-electron chi connectivity index (χ4n) is 6.53. The molecule has 9 nitrogen and oxygen atoms in total. The van der Waals surface area contributed by atoms with E-state index < -0.39 is 72.0 Å². The summed E-state index contributed by atoms with van der Waals surface area (Å²) in [5, 5.41) is 8.90. The number of fused-ring (bicyclic) bond motifs is 3. The van der Waals surface area contributed by atoms with Crippen molar-refractivity contribution in [3.63, 3.8) is 0 Å². The van der Waals surface area contributed by atoms with Gasteiger partial charge in [0.1, 0.15) is 12.1 Å². The highest BCUT2D eigenvalue weighted by Gasteiger charge is 2.61. The van der Waals surface area contributed by atoms with E-state index in [1.807, 2.05) is 13.8 Å². The van der Waals surface area contributed by atoms with Gasteiger partial charge in [0, 0.05) is 35.6 Å². The largest absolute Gasteiger partial charge is 0.461 e. The summed E-state index contributed by atoms with van der Waals surface area (Å²) < 4.78 is 50.1. The van der Waals surface area contributed by atoms with Crippen LogP contribution in [0.4, 0.5) is 18.9 Å². The number of rotatable bonds is 12. The number of halogens is 4. The topological polar surface area (TPSA) is 117 Å². The molecule has 13 heteroatoms. The Kier molecular flexibility index (Phi) is 10.9. The van der Waals surface area contributed by atoms with Crippen LogP contribution in [0.5, 0.6) is 0 Å². The molecule has 4 fully saturated rings. The van der Waals surface area contributed by atoms with E-state index in [4.69, 9.17) is 16.3 Å². The lowest BCUT2D eigenvalue weighted by Gasteiger charge is -2.54. The van der Waals surface area contributed by atoms with Crippen LogP contribution in [0.15, 0.2) is 36.2 Å². The van der Waals surface area contributed by atoms with Crippen LogP contribution in [0.3, 0.4) is 0 Å². The SMILES string of the molecule is CCOC(=O)/C(F)=C\[C@@H](C[C@H]1CCNC1=O)NC(=O)[C@@H]1[C@H]2CC[C@H](CC2(F)F)N1C(=O)[C@@H](CC(C)C)Nc1cccc(Cl)c1. The van der Waals surface area contributed by atoms with Crippen molar-refractivity contribution in [3.05, 3.63) is 41.2 Å². The molecule has 1 aromatic rings. The van der Waals surface area contributed by atoms with Crippen LogP contribution in [-0.4, -0.2) is 71.8 Å². The van der Waals surface area contributed by atoms with E-state index in [1.54, 1.807) is 24.3 Å². The molecule has 4 aliphatic rings. The Morgan fingerprint density at radius 1 is 1.23 bits per heavy atom. The molecule has 0 spiro atoms. The Hall–Kier alpha value is -3.28. The average molecular weight is 641 g/mol. The van der Waals surface area contributed by atoms with Crippen LogP contribution < -0.4 is 16.0 Å². The van der Waals surface area contributed by atoms with Crippen LogP contribution in [-0.2, 0) is 23.9 Å². The van der Waals surface area contributed by atoms with Crippen molar-refractivity contribution in [2.75, 3.05) is 18.5 Å². The van der Waals surface area contributed by atoms with Gasteiger partial charge < -0.3 is 25.6 Å². The molecule has 44 heavy (non-hydrogen) atoms. The standard InChI is InChI=1S/C31H40ClF3N4O5/c1-4-44-30(43)24(33)15-21(13-18-10-11-36-27(18)40)38-28(41)26-23-9-8-22(16-31(23,34)35)39(26)29(42)25(12-17(2)3)37-20-7-5-6-19(32)14-20/h5-7,14-15,17-18,21-23,25-26,37H,4,8-13,16H2,1-3H3,(H,36,40)(H,38,41)/b24-15+/t18-,21-,22-,23-,25-,26+/m1/s1. The lowest BCUT2D eigenvalue weighted by atomic mass is 9.71. The van der Waals surface area contributed by atoms with E-state index in [9.17, 15) is 23.6 Å². The summed E-state index contributed by atoms with van der Waals surface area (Å²) in [6, 6.07) is 2.33. The Morgan fingerprint density at radius 3 is 2.59 bits per heavy atom. The number of alkyl halides is 2. The van der Waals surface area contributed by atoms with Crippen molar-refractivity contribution in [3.8, 4) is 0 Å². The highest BCUT2D eigenvalue weighted by atomic mass is 35.5. The molecule has 3 amide bonds. The fraction of sp³-hybridized carbons (Fsp3) is 0.613. The summed E-state index contributed by atoms with van der Waals surface area (Å²) in [7, 11) is 0. The second-order valence-electron chi connectivity index (χ2n) is 12.2. The summed E-state index contributed by atoms with van der Waals surface area (Å²) >= 11 is 6.14. The third kappa shape index (κ3) is 7.86. The van der Waals surface area contributed by atoms with Gasteiger partial charge in [-0.3, -0.25) is 14.4 Å². The van der Waals surface area contributed by atoms with E-state index in [-0.39, 0.29) is 31.3 Å². The maximum Gasteiger partial charge on any atom is 0.366 e. The summed E-state index contributed by atoms with van der Waals surface area (Å²) in [4.78, 5) is 53.7. The van der Waals surface area contributed by atoms with E-state index in [0.29, 0.717) is 36.5 Å². The van der Waals surface area contributed by atoms with Crippen molar-refractivity contribution >= 4 is 41.0 Å². The number of esters is 1. The monoisotopic (exact) mass is 640 g/mol. The number of nitrogens with zero attached hydrogens (tertiary/aromatic N) is 1. The number of ether oxygens (including phenoxy) is 1. The zero-order valence-corrected chi connectivity index (χ0v) is 25.8. The second kappa shape index (κ2) is 14.2. The quantitative estimate of drug-likeness (QED) is 0.227. The molecule has 0 unspecified atom stereocenters. The predicted molar refractivity (Wildman–Crippen MR) is 159 cm³/mol. The molecule has 1 aromatic carbocycles. The molecule has 3 heterocycles. The fourth-order valence-corrected chi connectivity index (χ4v) is 6.72. The first-order valence-electron chi connectivity index (χ1n) is 15.1. The second-order valence-corrected chi connectivity index (χ2v) is 12.6. The maximum atomic E-state index is 15.3. The zero-order chi connectivity index (χ0) is 32.2. The first-order valence-corrected chi connectivity index (χ1v) is 15.5. The normalized spacial score (nSPS) is 25.8. The average Bonchev–Trinajstić information content (AvgIpc) is 3.35. The highest BCUT2D eigenvalue weighted by Crippen LogP contribution is 2.49. The Balaban J connectivity index is 1.65. The minimum Gasteiger partial charge on any atom is -0.461 e. The van der Waals surface area contributed by atoms with Crippen molar-refractivity contribution in [2.45, 2.75) is 89.4 Å². The van der Waals surface area contributed by atoms with Gasteiger partial charge in [0.15, 0.2) is 0 Å². The van der Waals surface area contributed by atoms with Crippen LogP contribution in [0, 0.1) is 17.8 Å². The Labute approximate surface area is 260 Å². The van der Waals surface area contributed by atoms with Gasteiger partial charge in [0.25, 0.3) is 5.92 Å². The molecule has 3 saturated heterocycles. The van der Waals surface area contributed by atoms with E-state index in [2.05, 4.69) is 16.0 Å². The molecule has 1 saturated carbocycles. The summed E-state index contributed by atoms with van der Waals surface area (Å²) in [6.45, 7) is 5.67. The van der Waals surface area contributed by atoms with Gasteiger partial charge in [0.2, 0.25) is 23.5 Å². The number of hydrogen-bond donors (Lipinski definition) is 3. The first kappa shape index (κ1) is 33.6. The third-order valence-corrected chi connectivity index (χ3v) is 8.71. The van der Waals surface area contributed by atoms with E-state index in [1.165, 1.54) is 11.8 Å². The third-order valence-electron chi connectivity index (χ3n) is 8.48. The van der Waals surface area contributed by atoms with Crippen LogP contribution >= 0.6 is 11.6 Å². The summed E-state index contributed by atoms with van der Waals surface area (Å²) in [5.74, 6) is -9.42. The molecular weight excluding hydrogens is 601 g/mol. The molecule has 1 aliphatic carbocycles. The van der Waals surface area contributed by atoms with Crippen LogP contribution in [0.2, 0.25) is 5.02 Å². The summed E-state index contributed by atoms with van der Waals surface area (Å²) in [6.07, 6.45) is 1.32. The molecule has 0 radical (unpaired) electrons. The van der Waals surface area contributed by atoms with Crippen molar-refractivity contribution < 1.29 is 37.1 Å². The Bertz CT molecular complexity index is 1280. The van der Waals surface area contributed by atoms with Crippen molar-refractivity contribution in [2.24, 2.45) is 17.8 Å². The zero-order valence-electron chi connectivity index (χ0n) is 25.1.